The second-order valence-corrected chi connectivity index (χ2v) is 6.04. The third-order valence-corrected chi connectivity index (χ3v) is 5.05. The van der Waals surface area contributed by atoms with Crippen molar-refractivity contribution < 1.29 is 4.79 Å². The zero-order chi connectivity index (χ0) is 13.1. The van der Waals surface area contributed by atoms with Crippen LogP contribution in [0.1, 0.15) is 31.2 Å². The van der Waals surface area contributed by atoms with Crippen LogP contribution in [-0.4, -0.2) is 26.0 Å². The van der Waals surface area contributed by atoms with Gasteiger partial charge in [0.15, 0.2) is 0 Å². The fraction of sp³-hybridized carbons (Fsp3) is 0.643. The van der Waals surface area contributed by atoms with Gasteiger partial charge in [-0.25, -0.2) is 0 Å². The highest BCUT2D eigenvalue weighted by molar-refractivity contribution is 7.14. The molecule has 0 radical (unpaired) electrons. The van der Waals surface area contributed by atoms with E-state index >= 15 is 0 Å². The SMILES string of the molecule is CNC1CCC(C(=O)N(C)c2sccc2C)CC1. The van der Waals surface area contributed by atoms with Crippen LogP contribution in [-0.2, 0) is 4.79 Å². The summed E-state index contributed by atoms with van der Waals surface area (Å²) >= 11 is 1.65. The first-order valence-corrected chi connectivity index (χ1v) is 7.50. The Hall–Kier alpha value is -0.870. The predicted octanol–water partition coefficient (Wildman–Crippen LogP) is 2.80. The second-order valence-electron chi connectivity index (χ2n) is 5.14. The maximum Gasteiger partial charge on any atom is 0.230 e. The highest BCUT2D eigenvalue weighted by Gasteiger charge is 2.28. The zero-order valence-corrected chi connectivity index (χ0v) is 12.2. The van der Waals surface area contributed by atoms with E-state index in [1.807, 2.05) is 24.4 Å². The zero-order valence-electron chi connectivity index (χ0n) is 11.4. The van der Waals surface area contributed by atoms with Gasteiger partial charge in [-0.3, -0.25) is 4.79 Å². The van der Waals surface area contributed by atoms with E-state index in [0.717, 1.165) is 30.7 Å². The van der Waals surface area contributed by atoms with Crippen LogP contribution in [0.3, 0.4) is 0 Å². The Labute approximate surface area is 113 Å². The monoisotopic (exact) mass is 266 g/mol. The van der Waals surface area contributed by atoms with Gasteiger partial charge in [0.1, 0.15) is 5.00 Å². The number of carbonyl (C=O) groups is 1. The lowest BCUT2D eigenvalue weighted by molar-refractivity contribution is -0.123. The summed E-state index contributed by atoms with van der Waals surface area (Å²) in [6.45, 7) is 2.06. The van der Waals surface area contributed by atoms with E-state index in [1.165, 1.54) is 5.56 Å². The summed E-state index contributed by atoms with van der Waals surface area (Å²) in [7, 11) is 3.92. The smallest absolute Gasteiger partial charge is 0.230 e. The molecule has 1 N–H and O–H groups in total. The molecule has 1 aliphatic rings. The van der Waals surface area contributed by atoms with E-state index in [0.29, 0.717) is 6.04 Å². The van der Waals surface area contributed by atoms with Gasteiger partial charge in [-0.2, -0.15) is 0 Å². The number of rotatable bonds is 3. The Kier molecular flexibility index (Phi) is 4.40. The van der Waals surface area contributed by atoms with Gasteiger partial charge in [0.25, 0.3) is 0 Å². The molecule has 1 heterocycles. The molecule has 2 rings (SSSR count). The normalized spacial score (nSPS) is 23.9. The van der Waals surface area contributed by atoms with Gasteiger partial charge >= 0.3 is 0 Å². The summed E-state index contributed by atoms with van der Waals surface area (Å²) < 4.78 is 0. The van der Waals surface area contributed by atoms with Crippen molar-refractivity contribution in [2.24, 2.45) is 5.92 Å². The molecule has 1 fully saturated rings. The molecule has 4 heteroatoms. The fourth-order valence-corrected chi connectivity index (χ4v) is 3.61. The van der Waals surface area contributed by atoms with Gasteiger partial charge in [0.2, 0.25) is 5.91 Å². The predicted molar refractivity (Wildman–Crippen MR) is 77.3 cm³/mol. The van der Waals surface area contributed by atoms with Crippen molar-refractivity contribution in [1.29, 1.82) is 0 Å². The van der Waals surface area contributed by atoms with Gasteiger partial charge in [0, 0.05) is 19.0 Å². The third kappa shape index (κ3) is 2.75. The molecule has 0 bridgehead atoms. The third-order valence-electron chi connectivity index (χ3n) is 3.95. The standard InChI is InChI=1S/C14H22N2OS/c1-10-8-9-18-14(10)16(3)13(17)11-4-6-12(15-2)7-5-11/h8-9,11-12,15H,4-7H2,1-3H3. The molecule has 1 saturated carbocycles. The summed E-state index contributed by atoms with van der Waals surface area (Å²) in [4.78, 5) is 14.3. The summed E-state index contributed by atoms with van der Waals surface area (Å²) in [5, 5.41) is 6.45. The first-order chi connectivity index (χ1) is 8.63. The molecule has 0 unspecified atom stereocenters. The van der Waals surface area contributed by atoms with E-state index in [-0.39, 0.29) is 11.8 Å². The molecule has 1 amide bonds. The van der Waals surface area contributed by atoms with Crippen molar-refractivity contribution >= 4 is 22.2 Å². The van der Waals surface area contributed by atoms with Gasteiger partial charge in [-0.05, 0) is 56.7 Å². The van der Waals surface area contributed by atoms with Crippen LogP contribution in [0.25, 0.3) is 0 Å². The molecule has 1 aromatic rings. The highest BCUT2D eigenvalue weighted by atomic mass is 32.1. The van der Waals surface area contributed by atoms with E-state index in [1.54, 1.807) is 11.3 Å². The Bertz CT molecular complexity index is 408. The van der Waals surface area contributed by atoms with Crippen LogP contribution in [0.2, 0.25) is 0 Å². The van der Waals surface area contributed by atoms with Crippen molar-refractivity contribution in [3.8, 4) is 0 Å². The average Bonchev–Trinajstić information content (AvgIpc) is 2.83. The molecular weight excluding hydrogens is 244 g/mol. The number of nitrogens with zero attached hydrogens (tertiary/aromatic N) is 1. The number of nitrogens with one attached hydrogen (secondary N) is 1. The number of thiophene rings is 1. The van der Waals surface area contributed by atoms with Gasteiger partial charge in [-0.1, -0.05) is 0 Å². The minimum Gasteiger partial charge on any atom is -0.317 e. The van der Waals surface area contributed by atoms with Crippen LogP contribution in [0, 0.1) is 12.8 Å². The number of anilines is 1. The quantitative estimate of drug-likeness (QED) is 0.912. The maximum absolute atomic E-state index is 12.5. The number of amides is 1. The molecule has 0 spiro atoms. The molecule has 1 aromatic heterocycles. The molecule has 0 atom stereocenters. The number of hydrogen-bond acceptors (Lipinski definition) is 3. The molecule has 1 aliphatic carbocycles. The van der Waals surface area contributed by atoms with Gasteiger partial charge < -0.3 is 10.2 Å². The topological polar surface area (TPSA) is 32.3 Å². The lowest BCUT2D eigenvalue weighted by Gasteiger charge is -2.30. The Morgan fingerprint density at radius 2 is 2.06 bits per heavy atom. The Balaban J connectivity index is 1.98. The first-order valence-electron chi connectivity index (χ1n) is 6.62. The van der Waals surface area contributed by atoms with Crippen LogP contribution in [0.4, 0.5) is 5.00 Å². The molecular formula is C14H22N2OS. The summed E-state index contributed by atoms with van der Waals surface area (Å²) in [5.74, 6) is 0.496. The molecule has 0 aliphatic heterocycles. The molecule has 0 aromatic carbocycles. The van der Waals surface area contributed by atoms with E-state index < -0.39 is 0 Å². The van der Waals surface area contributed by atoms with Gasteiger partial charge in [0.05, 0.1) is 0 Å². The van der Waals surface area contributed by atoms with Crippen LogP contribution in [0.15, 0.2) is 11.4 Å². The van der Waals surface area contributed by atoms with Crippen LogP contribution >= 0.6 is 11.3 Å². The molecule has 18 heavy (non-hydrogen) atoms. The van der Waals surface area contributed by atoms with Crippen LogP contribution < -0.4 is 10.2 Å². The minimum atomic E-state index is 0.209. The van der Waals surface area contributed by atoms with Crippen molar-refractivity contribution in [2.45, 2.75) is 38.6 Å². The van der Waals surface area contributed by atoms with Crippen LogP contribution in [0.5, 0.6) is 0 Å². The molecule has 3 nitrogen and oxygen atoms in total. The first kappa shape index (κ1) is 13.6. The second kappa shape index (κ2) is 5.85. The molecule has 0 saturated heterocycles. The van der Waals surface area contributed by atoms with Crippen molar-refractivity contribution in [3.05, 3.63) is 17.0 Å². The Morgan fingerprint density at radius 1 is 1.39 bits per heavy atom. The number of carbonyl (C=O) groups excluding carboxylic acids is 1. The minimum absolute atomic E-state index is 0.209. The Morgan fingerprint density at radius 3 is 2.56 bits per heavy atom. The van der Waals surface area contributed by atoms with E-state index in [4.69, 9.17) is 0 Å². The van der Waals surface area contributed by atoms with Gasteiger partial charge in [-0.15, -0.1) is 11.3 Å². The largest absolute Gasteiger partial charge is 0.317 e. The molecule has 100 valence electrons. The van der Waals surface area contributed by atoms with Crippen molar-refractivity contribution in [1.82, 2.24) is 5.32 Å². The number of aryl methyl sites for hydroxylation is 1. The van der Waals surface area contributed by atoms with E-state index in [2.05, 4.69) is 18.3 Å². The maximum atomic E-state index is 12.5. The van der Waals surface area contributed by atoms with E-state index in [9.17, 15) is 4.79 Å². The average molecular weight is 266 g/mol. The van der Waals surface area contributed by atoms with Crippen molar-refractivity contribution in [3.63, 3.8) is 0 Å². The summed E-state index contributed by atoms with van der Waals surface area (Å²) in [6, 6.07) is 2.67. The van der Waals surface area contributed by atoms with Crippen molar-refractivity contribution in [2.75, 3.05) is 19.0 Å². The number of hydrogen-bond donors (Lipinski definition) is 1. The summed E-state index contributed by atoms with van der Waals surface area (Å²) in [5.41, 5.74) is 1.19. The lowest BCUT2D eigenvalue weighted by atomic mass is 9.85. The fourth-order valence-electron chi connectivity index (χ4n) is 2.71. The summed E-state index contributed by atoms with van der Waals surface area (Å²) in [6.07, 6.45) is 4.26. The highest BCUT2D eigenvalue weighted by Crippen LogP contribution is 2.31. The lowest BCUT2D eigenvalue weighted by Crippen LogP contribution is -2.38.